The van der Waals surface area contributed by atoms with E-state index in [4.69, 9.17) is 0 Å². The predicted octanol–water partition coefficient (Wildman–Crippen LogP) is 4.30. The van der Waals surface area contributed by atoms with Gasteiger partial charge in [-0.2, -0.15) is 0 Å². The van der Waals surface area contributed by atoms with Crippen LogP contribution in [0, 0.1) is 0 Å². The lowest BCUT2D eigenvalue weighted by Gasteiger charge is -2.34. The number of nitrogens with one attached hydrogen (secondary N) is 1. The Labute approximate surface area is 128 Å². The molecule has 1 saturated carbocycles. The van der Waals surface area contributed by atoms with E-state index in [2.05, 4.69) is 31.0 Å². The summed E-state index contributed by atoms with van der Waals surface area (Å²) in [5, 5.41) is 3.39. The number of hydrogen-bond acceptors (Lipinski definition) is 2. The van der Waals surface area contributed by atoms with Crippen LogP contribution in [0.15, 0.2) is 24.3 Å². The molecule has 1 fully saturated rings. The monoisotopic (exact) mass is 288 g/mol. The van der Waals surface area contributed by atoms with E-state index >= 15 is 0 Å². The highest BCUT2D eigenvalue weighted by Crippen LogP contribution is 2.26. The number of benzene rings is 1. The number of carbonyl (C=O) groups is 1. The van der Waals surface area contributed by atoms with Crippen LogP contribution in [0.1, 0.15) is 63.2 Å². The van der Waals surface area contributed by atoms with Gasteiger partial charge in [0.05, 0.1) is 5.56 Å². The normalized spacial score (nSPS) is 16.0. The Bertz CT molecular complexity index is 464. The zero-order chi connectivity index (χ0) is 15.2. The fourth-order valence-electron chi connectivity index (χ4n) is 3.22. The number of carbonyl (C=O) groups excluding carboxylic acids is 1. The first-order valence-corrected chi connectivity index (χ1v) is 8.30. The van der Waals surface area contributed by atoms with E-state index in [0.717, 1.165) is 30.6 Å². The van der Waals surface area contributed by atoms with E-state index in [0.29, 0.717) is 12.1 Å². The van der Waals surface area contributed by atoms with E-state index in [1.165, 1.54) is 19.3 Å². The van der Waals surface area contributed by atoms with E-state index in [1.807, 2.05) is 24.3 Å². The SMILES string of the molecule is CCN(C(=O)c1ccccc1NC(C)C)C1CCCCC1. The second kappa shape index (κ2) is 7.48. The molecule has 0 atom stereocenters. The Morgan fingerprint density at radius 3 is 2.52 bits per heavy atom. The Hall–Kier alpha value is -1.51. The Balaban J connectivity index is 2.20. The third kappa shape index (κ3) is 3.99. The molecule has 1 aliphatic carbocycles. The lowest BCUT2D eigenvalue weighted by Crippen LogP contribution is -2.41. The van der Waals surface area contributed by atoms with Crippen LogP contribution in [0.25, 0.3) is 0 Å². The summed E-state index contributed by atoms with van der Waals surface area (Å²) in [7, 11) is 0. The Kier molecular flexibility index (Phi) is 5.66. The van der Waals surface area contributed by atoms with Crippen LogP contribution < -0.4 is 5.32 Å². The second-order valence-electron chi connectivity index (χ2n) is 6.23. The summed E-state index contributed by atoms with van der Waals surface area (Å²) in [6.07, 6.45) is 6.12. The van der Waals surface area contributed by atoms with Gasteiger partial charge in [0.1, 0.15) is 0 Å². The van der Waals surface area contributed by atoms with Gasteiger partial charge in [0.25, 0.3) is 5.91 Å². The number of amides is 1. The molecule has 0 aromatic heterocycles. The number of nitrogens with zero attached hydrogens (tertiary/aromatic N) is 1. The van der Waals surface area contributed by atoms with Crippen LogP contribution in [0.4, 0.5) is 5.69 Å². The molecule has 0 bridgehead atoms. The maximum atomic E-state index is 13.0. The molecular weight excluding hydrogens is 260 g/mol. The van der Waals surface area contributed by atoms with E-state index in [-0.39, 0.29) is 5.91 Å². The van der Waals surface area contributed by atoms with Crippen molar-refractivity contribution >= 4 is 11.6 Å². The molecule has 1 N–H and O–H groups in total. The zero-order valence-corrected chi connectivity index (χ0v) is 13.6. The van der Waals surface area contributed by atoms with Gasteiger partial charge in [-0.3, -0.25) is 4.79 Å². The van der Waals surface area contributed by atoms with Crippen molar-refractivity contribution in [2.24, 2.45) is 0 Å². The maximum absolute atomic E-state index is 13.0. The van der Waals surface area contributed by atoms with Crippen LogP contribution >= 0.6 is 0 Å². The topological polar surface area (TPSA) is 32.3 Å². The highest BCUT2D eigenvalue weighted by molar-refractivity contribution is 5.99. The molecule has 0 radical (unpaired) electrons. The van der Waals surface area contributed by atoms with Crippen molar-refractivity contribution in [3.8, 4) is 0 Å². The molecule has 1 aromatic carbocycles. The van der Waals surface area contributed by atoms with Gasteiger partial charge in [-0.1, -0.05) is 31.4 Å². The van der Waals surface area contributed by atoms with Gasteiger partial charge in [0.15, 0.2) is 0 Å². The summed E-state index contributed by atoms with van der Waals surface area (Å²) < 4.78 is 0. The highest BCUT2D eigenvalue weighted by atomic mass is 16.2. The molecule has 116 valence electrons. The lowest BCUT2D eigenvalue weighted by molar-refractivity contribution is 0.0649. The van der Waals surface area contributed by atoms with Gasteiger partial charge < -0.3 is 10.2 Å². The molecule has 1 amide bonds. The lowest BCUT2D eigenvalue weighted by atomic mass is 9.93. The second-order valence-corrected chi connectivity index (χ2v) is 6.23. The molecule has 0 saturated heterocycles. The molecule has 3 heteroatoms. The van der Waals surface area contributed by atoms with Crippen molar-refractivity contribution in [3.63, 3.8) is 0 Å². The minimum Gasteiger partial charge on any atom is -0.382 e. The van der Waals surface area contributed by atoms with Gasteiger partial charge >= 0.3 is 0 Å². The van der Waals surface area contributed by atoms with Crippen LogP contribution in [0.2, 0.25) is 0 Å². The fourth-order valence-corrected chi connectivity index (χ4v) is 3.22. The van der Waals surface area contributed by atoms with Crippen molar-refractivity contribution in [1.29, 1.82) is 0 Å². The molecule has 1 aromatic rings. The van der Waals surface area contributed by atoms with Gasteiger partial charge in [-0.25, -0.2) is 0 Å². The van der Waals surface area contributed by atoms with Crippen molar-refractivity contribution in [2.45, 2.75) is 65.0 Å². The average molecular weight is 288 g/mol. The molecule has 1 aliphatic rings. The molecule has 0 heterocycles. The van der Waals surface area contributed by atoms with Crippen molar-refractivity contribution in [2.75, 3.05) is 11.9 Å². The fraction of sp³-hybridized carbons (Fsp3) is 0.611. The van der Waals surface area contributed by atoms with Crippen LogP contribution in [0.3, 0.4) is 0 Å². The summed E-state index contributed by atoms with van der Waals surface area (Å²) in [4.78, 5) is 15.0. The average Bonchev–Trinajstić information content (AvgIpc) is 2.49. The van der Waals surface area contributed by atoms with Crippen molar-refractivity contribution < 1.29 is 4.79 Å². The van der Waals surface area contributed by atoms with Crippen LogP contribution in [-0.4, -0.2) is 29.4 Å². The largest absolute Gasteiger partial charge is 0.382 e. The molecule has 0 aliphatic heterocycles. The minimum absolute atomic E-state index is 0.174. The number of hydrogen-bond donors (Lipinski definition) is 1. The molecule has 3 nitrogen and oxygen atoms in total. The van der Waals surface area contributed by atoms with Gasteiger partial charge in [0, 0.05) is 24.3 Å². The number of anilines is 1. The Morgan fingerprint density at radius 2 is 1.90 bits per heavy atom. The third-order valence-corrected chi connectivity index (χ3v) is 4.22. The summed E-state index contributed by atoms with van der Waals surface area (Å²) >= 11 is 0. The predicted molar refractivity (Wildman–Crippen MR) is 88.8 cm³/mol. The molecule has 2 rings (SSSR count). The summed E-state index contributed by atoms with van der Waals surface area (Å²) in [6.45, 7) is 7.07. The van der Waals surface area contributed by atoms with E-state index in [1.54, 1.807) is 0 Å². The summed E-state index contributed by atoms with van der Waals surface area (Å²) in [5.41, 5.74) is 1.75. The third-order valence-electron chi connectivity index (χ3n) is 4.22. The standard InChI is InChI=1S/C18H28N2O/c1-4-20(15-10-6-5-7-11-15)18(21)16-12-8-9-13-17(16)19-14(2)3/h8-9,12-15,19H,4-7,10-11H2,1-3H3. The van der Waals surface area contributed by atoms with Gasteiger partial charge in [-0.15, -0.1) is 0 Å². The minimum atomic E-state index is 0.174. The molecule has 0 unspecified atom stereocenters. The zero-order valence-electron chi connectivity index (χ0n) is 13.6. The molecule has 0 spiro atoms. The van der Waals surface area contributed by atoms with Crippen molar-refractivity contribution in [1.82, 2.24) is 4.90 Å². The Morgan fingerprint density at radius 1 is 1.24 bits per heavy atom. The van der Waals surface area contributed by atoms with Gasteiger partial charge in [0.2, 0.25) is 0 Å². The maximum Gasteiger partial charge on any atom is 0.256 e. The molecular formula is C18H28N2O. The number of rotatable bonds is 5. The number of para-hydroxylation sites is 1. The quantitative estimate of drug-likeness (QED) is 0.876. The first-order valence-electron chi connectivity index (χ1n) is 8.30. The van der Waals surface area contributed by atoms with Crippen molar-refractivity contribution in [3.05, 3.63) is 29.8 Å². The van der Waals surface area contributed by atoms with Gasteiger partial charge in [-0.05, 0) is 45.7 Å². The summed E-state index contributed by atoms with van der Waals surface area (Å²) in [6, 6.07) is 8.62. The van der Waals surface area contributed by atoms with E-state index in [9.17, 15) is 4.79 Å². The molecule has 21 heavy (non-hydrogen) atoms. The van der Waals surface area contributed by atoms with Crippen LogP contribution in [-0.2, 0) is 0 Å². The van der Waals surface area contributed by atoms with Crippen LogP contribution in [0.5, 0.6) is 0 Å². The highest BCUT2D eigenvalue weighted by Gasteiger charge is 2.26. The first kappa shape index (κ1) is 15.9. The first-order chi connectivity index (χ1) is 10.1. The summed E-state index contributed by atoms with van der Waals surface area (Å²) in [5.74, 6) is 0.174. The smallest absolute Gasteiger partial charge is 0.256 e. The van der Waals surface area contributed by atoms with E-state index < -0.39 is 0 Å².